The maximum Gasteiger partial charge on any atom is 0.173 e. The minimum atomic E-state index is -0.418. The zero-order chi connectivity index (χ0) is 13.2. The van der Waals surface area contributed by atoms with Crippen molar-refractivity contribution in [3.8, 4) is 11.5 Å². The van der Waals surface area contributed by atoms with Gasteiger partial charge in [-0.2, -0.15) is 0 Å². The summed E-state index contributed by atoms with van der Waals surface area (Å²) in [5.74, 6) is 0.505. The summed E-state index contributed by atoms with van der Waals surface area (Å²) in [5.41, 5.74) is 1.49. The first kappa shape index (κ1) is 11.5. The number of carbonyl (C=O) groups excluding carboxylic acids is 1. The van der Waals surface area contributed by atoms with Gasteiger partial charge in [-0.1, -0.05) is 12.1 Å². The fourth-order valence-corrected chi connectivity index (χ4v) is 2.10. The van der Waals surface area contributed by atoms with E-state index in [-0.39, 0.29) is 5.75 Å². The maximum atomic E-state index is 11.2. The number of nitrogens with zero attached hydrogens (tertiary/aromatic N) is 1. The van der Waals surface area contributed by atoms with E-state index in [1.807, 2.05) is 0 Å². The molecule has 0 amide bonds. The molecule has 0 saturated carbocycles. The summed E-state index contributed by atoms with van der Waals surface area (Å²) in [4.78, 5) is 15.2. The minimum absolute atomic E-state index is 0.0315. The number of aromatic hydroxyl groups is 1. The second-order valence-electron chi connectivity index (χ2n) is 4.23. The summed E-state index contributed by atoms with van der Waals surface area (Å²) in [5, 5.41) is 9.85. The molecule has 0 fully saturated rings. The van der Waals surface area contributed by atoms with Crippen LogP contribution < -0.4 is 4.74 Å². The van der Waals surface area contributed by atoms with Gasteiger partial charge in [-0.15, -0.1) is 0 Å². The Morgan fingerprint density at radius 2 is 2.00 bits per heavy atom. The van der Waals surface area contributed by atoms with Gasteiger partial charge in [0.25, 0.3) is 0 Å². The molecule has 1 unspecified atom stereocenters. The van der Waals surface area contributed by atoms with Crippen LogP contribution in [-0.2, 0) is 4.79 Å². The van der Waals surface area contributed by atoms with Crippen LogP contribution in [0.3, 0.4) is 0 Å². The van der Waals surface area contributed by atoms with Crippen LogP contribution in [0.4, 0.5) is 0 Å². The van der Waals surface area contributed by atoms with Crippen molar-refractivity contribution < 1.29 is 14.6 Å². The molecule has 1 aliphatic rings. The highest BCUT2D eigenvalue weighted by molar-refractivity contribution is 5.78. The van der Waals surface area contributed by atoms with Crippen molar-refractivity contribution in [3.05, 3.63) is 59.9 Å². The topological polar surface area (TPSA) is 59.4 Å². The molecule has 1 aliphatic heterocycles. The third kappa shape index (κ3) is 1.97. The molecule has 0 aliphatic carbocycles. The van der Waals surface area contributed by atoms with E-state index < -0.39 is 5.92 Å². The van der Waals surface area contributed by atoms with E-state index in [9.17, 15) is 9.90 Å². The predicted molar refractivity (Wildman–Crippen MR) is 69.8 cm³/mol. The highest BCUT2D eigenvalue weighted by atomic mass is 16.5. The molecule has 0 bridgehead atoms. The van der Waals surface area contributed by atoms with Crippen LogP contribution in [0.15, 0.2) is 48.8 Å². The second kappa shape index (κ2) is 4.57. The lowest BCUT2D eigenvalue weighted by Gasteiger charge is -2.22. The molecule has 4 heteroatoms. The number of hydrogen-bond donors (Lipinski definition) is 1. The Kier molecular flexibility index (Phi) is 2.76. The number of pyridine rings is 1. The highest BCUT2D eigenvalue weighted by Gasteiger charge is 2.24. The molecule has 1 aromatic heterocycles. The van der Waals surface area contributed by atoms with Crippen LogP contribution in [0, 0.1) is 0 Å². The van der Waals surface area contributed by atoms with Crippen molar-refractivity contribution in [3.63, 3.8) is 0 Å². The van der Waals surface area contributed by atoms with E-state index >= 15 is 0 Å². The summed E-state index contributed by atoms with van der Waals surface area (Å²) in [6.45, 7) is 0. The molecule has 2 aromatic rings. The quantitative estimate of drug-likeness (QED) is 0.835. The van der Waals surface area contributed by atoms with E-state index in [1.54, 1.807) is 42.7 Å². The van der Waals surface area contributed by atoms with Gasteiger partial charge in [-0.25, -0.2) is 0 Å². The predicted octanol–water partition coefficient (Wildman–Crippen LogP) is 2.50. The fourth-order valence-electron chi connectivity index (χ4n) is 2.10. The van der Waals surface area contributed by atoms with E-state index in [0.717, 1.165) is 11.8 Å². The second-order valence-corrected chi connectivity index (χ2v) is 4.23. The highest BCUT2D eigenvalue weighted by Crippen LogP contribution is 2.41. The Morgan fingerprint density at radius 1 is 1.21 bits per heavy atom. The molecule has 1 aromatic carbocycles. The Hall–Kier alpha value is -2.62. The van der Waals surface area contributed by atoms with Crippen LogP contribution >= 0.6 is 0 Å². The molecular formula is C15H11NO3. The van der Waals surface area contributed by atoms with Gasteiger partial charge in [0.2, 0.25) is 0 Å². The van der Waals surface area contributed by atoms with Crippen molar-refractivity contribution in [1.82, 2.24) is 4.98 Å². The van der Waals surface area contributed by atoms with E-state index in [4.69, 9.17) is 4.74 Å². The molecule has 94 valence electrons. The Morgan fingerprint density at radius 3 is 2.74 bits per heavy atom. The zero-order valence-corrected chi connectivity index (χ0v) is 9.98. The van der Waals surface area contributed by atoms with E-state index in [2.05, 4.69) is 4.98 Å². The van der Waals surface area contributed by atoms with Crippen LogP contribution in [0.25, 0.3) is 5.76 Å². The molecule has 0 spiro atoms. The number of ether oxygens (including phenoxy) is 1. The number of phenolic OH excluding ortho intramolecular Hbond substituents is 1. The summed E-state index contributed by atoms with van der Waals surface area (Å²) in [6.07, 6.45) is 5.87. The van der Waals surface area contributed by atoms with Gasteiger partial charge >= 0.3 is 0 Å². The van der Waals surface area contributed by atoms with Crippen LogP contribution in [0.1, 0.15) is 17.0 Å². The number of fused-ring (bicyclic) bond motifs is 1. The smallest absolute Gasteiger partial charge is 0.173 e. The first-order valence-corrected chi connectivity index (χ1v) is 5.87. The van der Waals surface area contributed by atoms with Gasteiger partial charge < -0.3 is 14.6 Å². The molecular weight excluding hydrogens is 242 g/mol. The van der Waals surface area contributed by atoms with Gasteiger partial charge in [0.15, 0.2) is 11.5 Å². The summed E-state index contributed by atoms with van der Waals surface area (Å²) < 4.78 is 5.71. The number of aldehydes is 1. The standard InChI is InChI=1S/C15H11NO3/c17-9-11-8-14(10-4-6-16-7-5-10)19-15-12(11)2-1-3-13(15)18/h1-9,11,18H. The SMILES string of the molecule is O=CC1C=C(c2ccncc2)Oc2c(O)cccc21. The number of allylic oxidation sites excluding steroid dienone is 1. The van der Waals surface area contributed by atoms with Gasteiger partial charge in [0.05, 0.1) is 5.92 Å². The number of phenols is 1. The van der Waals surface area contributed by atoms with Crippen molar-refractivity contribution in [1.29, 1.82) is 0 Å². The van der Waals surface area contributed by atoms with Crippen molar-refractivity contribution in [2.45, 2.75) is 5.92 Å². The summed E-state index contributed by atoms with van der Waals surface area (Å²) in [7, 11) is 0. The normalized spacial score (nSPS) is 17.1. The largest absolute Gasteiger partial charge is 0.504 e. The van der Waals surface area contributed by atoms with Gasteiger partial charge in [0, 0.05) is 23.5 Å². The average molecular weight is 253 g/mol. The average Bonchev–Trinajstić information content (AvgIpc) is 2.48. The molecule has 0 saturated heterocycles. The number of aromatic nitrogens is 1. The van der Waals surface area contributed by atoms with Crippen molar-refractivity contribution in [2.75, 3.05) is 0 Å². The lowest BCUT2D eigenvalue weighted by molar-refractivity contribution is -0.108. The fraction of sp³-hybridized carbons (Fsp3) is 0.0667. The molecule has 3 rings (SSSR count). The van der Waals surface area contributed by atoms with E-state index in [0.29, 0.717) is 17.1 Å². The van der Waals surface area contributed by atoms with Gasteiger partial charge in [0.1, 0.15) is 12.0 Å². The number of para-hydroxylation sites is 1. The van der Waals surface area contributed by atoms with Gasteiger partial charge in [-0.05, 0) is 24.3 Å². The Balaban J connectivity index is 2.10. The summed E-state index contributed by atoms with van der Waals surface area (Å²) >= 11 is 0. The monoisotopic (exact) mass is 253 g/mol. The third-order valence-electron chi connectivity index (χ3n) is 3.04. The number of rotatable bonds is 2. The number of carbonyl (C=O) groups is 1. The minimum Gasteiger partial charge on any atom is -0.504 e. The molecule has 2 heterocycles. The molecule has 4 nitrogen and oxygen atoms in total. The molecule has 1 atom stereocenters. The summed E-state index contributed by atoms with van der Waals surface area (Å²) in [6, 6.07) is 8.58. The van der Waals surface area contributed by atoms with Crippen molar-refractivity contribution >= 4 is 12.0 Å². The Labute approximate surface area is 110 Å². The van der Waals surface area contributed by atoms with Crippen LogP contribution in [-0.4, -0.2) is 16.4 Å². The molecule has 19 heavy (non-hydrogen) atoms. The number of benzene rings is 1. The Bertz CT molecular complexity index is 650. The zero-order valence-electron chi connectivity index (χ0n) is 9.98. The first-order valence-electron chi connectivity index (χ1n) is 5.87. The molecule has 1 N–H and O–H groups in total. The van der Waals surface area contributed by atoms with Crippen LogP contribution in [0.2, 0.25) is 0 Å². The molecule has 0 radical (unpaired) electrons. The van der Waals surface area contributed by atoms with Crippen molar-refractivity contribution in [2.24, 2.45) is 0 Å². The first-order chi connectivity index (χ1) is 9.29. The lowest BCUT2D eigenvalue weighted by Crippen LogP contribution is -2.10. The lowest BCUT2D eigenvalue weighted by atomic mass is 9.95. The van der Waals surface area contributed by atoms with E-state index in [1.165, 1.54) is 6.07 Å². The number of hydrogen-bond acceptors (Lipinski definition) is 4. The third-order valence-corrected chi connectivity index (χ3v) is 3.04. The van der Waals surface area contributed by atoms with Crippen LogP contribution in [0.5, 0.6) is 11.5 Å². The maximum absolute atomic E-state index is 11.2. The van der Waals surface area contributed by atoms with Gasteiger partial charge in [-0.3, -0.25) is 4.98 Å².